The molecule has 110 valence electrons. The molecule has 5 nitrogen and oxygen atoms in total. The molecule has 1 saturated heterocycles. The second kappa shape index (κ2) is 5.12. The second-order valence-corrected chi connectivity index (χ2v) is 6.55. The average molecular weight is 349 g/mol. The van der Waals surface area contributed by atoms with E-state index < -0.39 is 0 Å². The highest BCUT2D eigenvalue weighted by Crippen LogP contribution is 2.33. The minimum absolute atomic E-state index is 0.154. The summed E-state index contributed by atoms with van der Waals surface area (Å²) in [6, 6.07) is 6.37. The van der Waals surface area contributed by atoms with Gasteiger partial charge in [0.25, 0.3) is 0 Å². The second-order valence-electron chi connectivity index (χ2n) is 5.63. The fraction of sp³-hybridized carbons (Fsp3) is 0.400. The lowest BCUT2D eigenvalue weighted by molar-refractivity contribution is 0.159. The van der Waals surface area contributed by atoms with Gasteiger partial charge in [0.05, 0.1) is 17.4 Å². The largest absolute Gasteiger partial charge is 0.427 e. The Hall–Kier alpha value is -1.37. The highest BCUT2D eigenvalue weighted by molar-refractivity contribution is 9.10. The van der Waals surface area contributed by atoms with Gasteiger partial charge < -0.3 is 15.8 Å². The molecule has 6 heteroatoms. The van der Waals surface area contributed by atoms with E-state index >= 15 is 0 Å². The van der Waals surface area contributed by atoms with Crippen molar-refractivity contribution in [2.75, 3.05) is 6.54 Å². The summed E-state index contributed by atoms with van der Waals surface area (Å²) >= 11 is 3.52. The highest BCUT2D eigenvalue weighted by Gasteiger charge is 2.28. The number of nitrogens with zero attached hydrogens (tertiary/aromatic N) is 2. The number of nitrogens with one attached hydrogen (secondary N) is 2. The molecular weight excluding hydrogens is 332 g/mol. The van der Waals surface area contributed by atoms with Gasteiger partial charge in [-0.1, -0.05) is 22.0 Å². The summed E-state index contributed by atoms with van der Waals surface area (Å²) in [6.07, 6.45) is 2.15. The van der Waals surface area contributed by atoms with E-state index in [2.05, 4.69) is 38.7 Å². The molecule has 21 heavy (non-hydrogen) atoms. The third-order valence-electron chi connectivity index (χ3n) is 4.27. The van der Waals surface area contributed by atoms with Gasteiger partial charge in [-0.2, -0.15) is 4.73 Å². The van der Waals surface area contributed by atoms with Gasteiger partial charge in [0.1, 0.15) is 0 Å². The molecule has 0 bridgehead atoms. The van der Waals surface area contributed by atoms with Crippen molar-refractivity contribution in [1.29, 1.82) is 0 Å². The molecule has 1 aromatic carbocycles. The van der Waals surface area contributed by atoms with Crippen LogP contribution in [-0.2, 0) is 13.1 Å². The Morgan fingerprint density at radius 1 is 1.33 bits per heavy atom. The lowest BCUT2D eigenvalue weighted by atomic mass is 10.0. The molecule has 0 spiro atoms. The van der Waals surface area contributed by atoms with Gasteiger partial charge in [-0.15, -0.1) is 0 Å². The van der Waals surface area contributed by atoms with E-state index in [0.29, 0.717) is 6.54 Å². The van der Waals surface area contributed by atoms with Crippen LogP contribution in [0.5, 0.6) is 0 Å². The number of halogens is 1. The van der Waals surface area contributed by atoms with Crippen LogP contribution in [0.4, 0.5) is 0 Å². The zero-order valence-electron chi connectivity index (χ0n) is 11.6. The van der Waals surface area contributed by atoms with Gasteiger partial charge >= 0.3 is 0 Å². The Balaban J connectivity index is 1.86. The Bertz CT molecular complexity index is 691. The molecule has 4 rings (SSSR count). The molecule has 0 aliphatic carbocycles. The Morgan fingerprint density at radius 2 is 2.24 bits per heavy atom. The predicted octanol–water partition coefficient (Wildman–Crippen LogP) is 2.58. The molecule has 1 fully saturated rings. The normalized spacial score (nSPS) is 20.9. The molecule has 3 N–H and O–H groups in total. The van der Waals surface area contributed by atoms with Gasteiger partial charge in [-0.3, -0.25) is 0 Å². The third-order valence-corrected chi connectivity index (χ3v) is 4.77. The van der Waals surface area contributed by atoms with Gasteiger partial charge in [0, 0.05) is 23.1 Å². The molecule has 3 heterocycles. The first-order valence-electron chi connectivity index (χ1n) is 7.27. The van der Waals surface area contributed by atoms with Crippen LogP contribution >= 0.6 is 15.9 Å². The Labute approximate surface area is 131 Å². The van der Waals surface area contributed by atoms with Crippen LogP contribution in [0.1, 0.15) is 36.0 Å². The molecule has 0 radical (unpaired) electrons. The van der Waals surface area contributed by atoms with Gasteiger partial charge in [-0.25, -0.2) is 4.98 Å². The summed E-state index contributed by atoms with van der Waals surface area (Å²) in [6.45, 7) is 2.39. The number of aromatic nitrogens is 2. The van der Waals surface area contributed by atoms with E-state index in [1.54, 1.807) is 0 Å². The van der Waals surface area contributed by atoms with Crippen molar-refractivity contribution < 1.29 is 5.21 Å². The number of hydrogen-bond donors (Lipinski definition) is 3. The van der Waals surface area contributed by atoms with Crippen molar-refractivity contribution in [3.05, 3.63) is 39.8 Å². The zero-order chi connectivity index (χ0) is 14.4. The SMILES string of the molecule is On1c([C@@H]2CCCN2)nc2c1CNCc1cc(Br)ccc1-2. The molecule has 0 unspecified atom stereocenters. The lowest BCUT2D eigenvalue weighted by Crippen LogP contribution is -2.19. The number of imidazole rings is 1. The minimum atomic E-state index is 0.154. The van der Waals surface area contributed by atoms with Gasteiger partial charge in [-0.05, 0) is 37.1 Å². The summed E-state index contributed by atoms with van der Waals surface area (Å²) in [5, 5.41) is 17.3. The maximum atomic E-state index is 10.5. The van der Waals surface area contributed by atoms with Crippen LogP contribution < -0.4 is 10.6 Å². The van der Waals surface area contributed by atoms with E-state index in [9.17, 15) is 5.21 Å². The summed E-state index contributed by atoms with van der Waals surface area (Å²) in [4.78, 5) is 4.76. The van der Waals surface area contributed by atoms with Crippen molar-refractivity contribution >= 4 is 15.9 Å². The number of hydrogen-bond acceptors (Lipinski definition) is 4. The van der Waals surface area contributed by atoms with Crippen LogP contribution in [-0.4, -0.2) is 21.5 Å². The molecule has 1 aromatic heterocycles. The van der Waals surface area contributed by atoms with Crippen molar-refractivity contribution in [3.63, 3.8) is 0 Å². The van der Waals surface area contributed by atoms with Gasteiger partial charge in [0.2, 0.25) is 0 Å². The average Bonchev–Trinajstić information content (AvgIpc) is 3.05. The highest BCUT2D eigenvalue weighted by atomic mass is 79.9. The van der Waals surface area contributed by atoms with E-state index in [4.69, 9.17) is 4.98 Å². The first-order valence-corrected chi connectivity index (χ1v) is 8.07. The minimum Gasteiger partial charge on any atom is -0.427 e. The monoisotopic (exact) mass is 348 g/mol. The first kappa shape index (κ1) is 13.3. The standard InChI is InChI=1S/C15H17BrN4O/c16-10-3-4-11-9(6-10)7-17-8-13-14(11)19-15(20(13)21)12-2-1-5-18-12/h3-4,6,12,17-18,21H,1-2,5,7-8H2/t12-/m0/s1. The van der Waals surface area contributed by atoms with Crippen molar-refractivity contribution in [2.45, 2.75) is 32.0 Å². The maximum Gasteiger partial charge on any atom is 0.162 e. The van der Waals surface area contributed by atoms with E-state index in [0.717, 1.165) is 53.2 Å². The van der Waals surface area contributed by atoms with Crippen molar-refractivity contribution in [2.24, 2.45) is 0 Å². The zero-order valence-corrected chi connectivity index (χ0v) is 13.2. The van der Waals surface area contributed by atoms with E-state index in [1.807, 2.05) is 6.07 Å². The topological polar surface area (TPSA) is 62.1 Å². The van der Waals surface area contributed by atoms with Crippen LogP contribution in [0.2, 0.25) is 0 Å². The molecule has 2 aliphatic heterocycles. The molecule has 2 aliphatic rings. The number of fused-ring (bicyclic) bond motifs is 3. The van der Waals surface area contributed by atoms with E-state index in [-0.39, 0.29) is 6.04 Å². The third kappa shape index (κ3) is 2.18. The summed E-state index contributed by atoms with van der Waals surface area (Å²) < 4.78 is 2.34. The number of benzene rings is 1. The molecule has 2 aromatic rings. The molecule has 1 atom stereocenters. The van der Waals surface area contributed by atoms with Crippen LogP contribution in [0, 0.1) is 0 Å². The summed E-state index contributed by atoms with van der Waals surface area (Å²) in [7, 11) is 0. The Kier molecular flexibility index (Phi) is 3.24. The molecule has 0 amide bonds. The fourth-order valence-corrected chi connectivity index (χ4v) is 3.63. The quantitative estimate of drug-likeness (QED) is 0.693. The van der Waals surface area contributed by atoms with Crippen LogP contribution in [0.25, 0.3) is 11.3 Å². The predicted molar refractivity (Wildman–Crippen MR) is 83.1 cm³/mol. The molecule has 0 saturated carbocycles. The lowest BCUT2D eigenvalue weighted by Gasteiger charge is -2.10. The van der Waals surface area contributed by atoms with E-state index in [1.165, 1.54) is 10.3 Å². The fourth-order valence-electron chi connectivity index (χ4n) is 3.22. The van der Waals surface area contributed by atoms with Crippen LogP contribution in [0.15, 0.2) is 22.7 Å². The molecular formula is C15H17BrN4O. The summed E-state index contributed by atoms with van der Waals surface area (Å²) in [5.41, 5.74) is 4.05. The smallest absolute Gasteiger partial charge is 0.162 e. The van der Waals surface area contributed by atoms with Crippen molar-refractivity contribution in [3.8, 4) is 11.3 Å². The maximum absolute atomic E-state index is 10.5. The number of rotatable bonds is 1. The summed E-state index contributed by atoms with van der Waals surface area (Å²) in [5.74, 6) is 0.732. The van der Waals surface area contributed by atoms with Gasteiger partial charge in [0.15, 0.2) is 5.82 Å². The first-order chi connectivity index (χ1) is 10.2. The Morgan fingerprint density at radius 3 is 3.05 bits per heavy atom. The van der Waals surface area contributed by atoms with Crippen LogP contribution in [0.3, 0.4) is 0 Å². The van der Waals surface area contributed by atoms with Crippen molar-refractivity contribution in [1.82, 2.24) is 20.3 Å².